The third-order valence-electron chi connectivity index (χ3n) is 3.11. The average Bonchev–Trinajstić information content (AvgIpc) is 2.75. The first-order valence-corrected chi connectivity index (χ1v) is 5.71. The van der Waals surface area contributed by atoms with Gasteiger partial charge in [0.05, 0.1) is 11.0 Å². The largest absolute Gasteiger partial charge is 0.391 e. The van der Waals surface area contributed by atoms with E-state index in [9.17, 15) is 20.0 Å². The van der Waals surface area contributed by atoms with Crippen molar-refractivity contribution in [3.63, 3.8) is 0 Å². The van der Waals surface area contributed by atoms with Crippen molar-refractivity contribution >= 4 is 11.6 Å². The second kappa shape index (κ2) is 4.73. The molecule has 6 nitrogen and oxygen atoms in total. The van der Waals surface area contributed by atoms with Crippen LogP contribution in [0.15, 0.2) is 18.2 Å². The lowest BCUT2D eigenvalue weighted by Crippen LogP contribution is -2.30. The van der Waals surface area contributed by atoms with Gasteiger partial charge in [-0.2, -0.15) is 0 Å². The van der Waals surface area contributed by atoms with Gasteiger partial charge in [0.1, 0.15) is 0 Å². The molecule has 1 aliphatic rings. The summed E-state index contributed by atoms with van der Waals surface area (Å²) in [6.07, 6.45) is 0.0626. The number of rotatable bonds is 2. The minimum atomic E-state index is -0.519. The highest BCUT2D eigenvalue weighted by Crippen LogP contribution is 2.21. The molecule has 1 saturated heterocycles. The van der Waals surface area contributed by atoms with E-state index in [1.54, 1.807) is 13.0 Å². The smallest absolute Gasteiger partial charge is 0.270 e. The average molecular weight is 250 g/mol. The maximum Gasteiger partial charge on any atom is 0.270 e. The molecule has 1 heterocycles. The van der Waals surface area contributed by atoms with Gasteiger partial charge >= 0.3 is 0 Å². The normalized spacial score (nSPS) is 19.0. The predicted molar refractivity (Wildman–Crippen MR) is 64.4 cm³/mol. The number of carbonyl (C=O) groups is 1. The molecule has 1 amide bonds. The van der Waals surface area contributed by atoms with Crippen LogP contribution in [0.5, 0.6) is 0 Å². The van der Waals surface area contributed by atoms with Gasteiger partial charge in [-0.25, -0.2) is 0 Å². The molecule has 0 radical (unpaired) electrons. The minimum Gasteiger partial charge on any atom is -0.391 e. The van der Waals surface area contributed by atoms with E-state index in [0.29, 0.717) is 30.6 Å². The summed E-state index contributed by atoms with van der Waals surface area (Å²) in [7, 11) is 0. The highest BCUT2D eigenvalue weighted by molar-refractivity contribution is 5.96. The Morgan fingerprint density at radius 1 is 1.56 bits per heavy atom. The molecule has 1 aromatic rings. The minimum absolute atomic E-state index is 0.0938. The van der Waals surface area contributed by atoms with Crippen molar-refractivity contribution in [3.05, 3.63) is 39.4 Å². The van der Waals surface area contributed by atoms with E-state index in [2.05, 4.69) is 0 Å². The van der Waals surface area contributed by atoms with Crippen LogP contribution in [0.3, 0.4) is 0 Å². The zero-order valence-corrected chi connectivity index (χ0v) is 10.00. The topological polar surface area (TPSA) is 83.7 Å². The summed E-state index contributed by atoms with van der Waals surface area (Å²) >= 11 is 0. The maximum atomic E-state index is 12.2. The van der Waals surface area contributed by atoms with E-state index in [0.717, 1.165) is 0 Å². The molecule has 0 unspecified atom stereocenters. The molecule has 0 spiro atoms. The van der Waals surface area contributed by atoms with E-state index >= 15 is 0 Å². The maximum absolute atomic E-state index is 12.2. The lowest BCUT2D eigenvalue weighted by molar-refractivity contribution is -0.384. The molecule has 1 aliphatic heterocycles. The Morgan fingerprint density at radius 3 is 2.83 bits per heavy atom. The number of nitro groups is 1. The molecule has 18 heavy (non-hydrogen) atoms. The summed E-state index contributed by atoms with van der Waals surface area (Å²) in [5.41, 5.74) is 0.939. The number of benzene rings is 1. The van der Waals surface area contributed by atoms with Gasteiger partial charge in [0.25, 0.3) is 11.6 Å². The Balaban J connectivity index is 2.29. The molecule has 0 saturated carbocycles. The first-order chi connectivity index (χ1) is 8.49. The molecule has 0 aliphatic carbocycles. The molecular formula is C12H14N2O4. The van der Waals surface area contributed by atoms with Gasteiger partial charge in [0.2, 0.25) is 0 Å². The molecule has 1 atom stereocenters. The van der Waals surface area contributed by atoms with Crippen LogP contribution < -0.4 is 0 Å². The van der Waals surface area contributed by atoms with E-state index < -0.39 is 11.0 Å². The summed E-state index contributed by atoms with van der Waals surface area (Å²) in [6, 6.07) is 4.24. The van der Waals surface area contributed by atoms with Gasteiger partial charge in [0, 0.05) is 30.8 Å². The predicted octanol–water partition coefficient (Wildman–Crippen LogP) is 1.11. The summed E-state index contributed by atoms with van der Waals surface area (Å²) in [5, 5.41) is 20.1. The van der Waals surface area contributed by atoms with Crippen LogP contribution in [-0.2, 0) is 0 Å². The van der Waals surface area contributed by atoms with E-state index in [-0.39, 0.29) is 11.6 Å². The fourth-order valence-electron chi connectivity index (χ4n) is 2.05. The number of amides is 1. The number of aliphatic hydroxyl groups excluding tert-OH is 1. The monoisotopic (exact) mass is 250 g/mol. The highest BCUT2D eigenvalue weighted by atomic mass is 16.6. The highest BCUT2D eigenvalue weighted by Gasteiger charge is 2.27. The van der Waals surface area contributed by atoms with Crippen molar-refractivity contribution in [2.45, 2.75) is 19.4 Å². The van der Waals surface area contributed by atoms with Crippen molar-refractivity contribution in [1.82, 2.24) is 4.90 Å². The molecule has 0 aromatic heterocycles. The number of nitro benzene ring substituents is 1. The SMILES string of the molecule is Cc1ccc([N+](=O)[O-])cc1C(=O)N1CC[C@@H](O)C1. The lowest BCUT2D eigenvalue weighted by atomic mass is 10.1. The Bertz CT molecular complexity index is 501. The zero-order valence-electron chi connectivity index (χ0n) is 10.00. The number of aliphatic hydroxyl groups is 1. The van der Waals surface area contributed by atoms with Gasteiger partial charge in [-0.05, 0) is 18.9 Å². The number of hydrogen-bond acceptors (Lipinski definition) is 4. The van der Waals surface area contributed by atoms with Gasteiger partial charge < -0.3 is 10.0 Å². The quantitative estimate of drug-likeness (QED) is 0.629. The third-order valence-corrected chi connectivity index (χ3v) is 3.11. The summed E-state index contributed by atoms with van der Waals surface area (Å²) in [6.45, 7) is 2.52. The molecule has 0 bridgehead atoms. The van der Waals surface area contributed by atoms with Crippen LogP contribution in [0.2, 0.25) is 0 Å². The van der Waals surface area contributed by atoms with Crippen LogP contribution in [-0.4, -0.2) is 40.0 Å². The van der Waals surface area contributed by atoms with Crippen molar-refractivity contribution in [1.29, 1.82) is 0 Å². The molecule has 1 aromatic carbocycles. The molecule has 1 fully saturated rings. The Labute approximate surface area is 104 Å². The number of aryl methyl sites for hydroxylation is 1. The third kappa shape index (κ3) is 2.33. The van der Waals surface area contributed by atoms with E-state index in [1.807, 2.05) is 0 Å². The molecule has 1 N–H and O–H groups in total. The van der Waals surface area contributed by atoms with Gasteiger partial charge in [-0.1, -0.05) is 6.07 Å². The molecule has 2 rings (SSSR count). The van der Waals surface area contributed by atoms with Gasteiger partial charge in [-0.15, -0.1) is 0 Å². The van der Waals surface area contributed by atoms with E-state index in [4.69, 9.17) is 0 Å². The molecule has 96 valence electrons. The van der Waals surface area contributed by atoms with Crippen LogP contribution >= 0.6 is 0 Å². The second-order valence-electron chi connectivity index (χ2n) is 4.45. The van der Waals surface area contributed by atoms with Crippen molar-refractivity contribution in [3.8, 4) is 0 Å². The number of nitrogens with zero attached hydrogens (tertiary/aromatic N) is 2. The first kappa shape index (κ1) is 12.5. The Kier molecular flexibility index (Phi) is 3.29. The molecular weight excluding hydrogens is 236 g/mol. The van der Waals surface area contributed by atoms with Crippen LogP contribution in [0.1, 0.15) is 22.3 Å². The van der Waals surface area contributed by atoms with E-state index in [1.165, 1.54) is 17.0 Å². The van der Waals surface area contributed by atoms with Crippen LogP contribution in [0.4, 0.5) is 5.69 Å². The second-order valence-corrected chi connectivity index (χ2v) is 4.45. The fourth-order valence-corrected chi connectivity index (χ4v) is 2.05. The lowest BCUT2D eigenvalue weighted by Gasteiger charge is -2.16. The standard InChI is InChI=1S/C12H14N2O4/c1-8-2-3-9(14(17)18)6-11(8)12(16)13-5-4-10(15)7-13/h2-3,6,10,15H,4-5,7H2,1H3/t10-/m1/s1. The summed E-state index contributed by atoms with van der Waals surface area (Å²) < 4.78 is 0. The number of carbonyl (C=O) groups excluding carboxylic acids is 1. The fraction of sp³-hybridized carbons (Fsp3) is 0.417. The van der Waals surface area contributed by atoms with Gasteiger partial charge in [0.15, 0.2) is 0 Å². The van der Waals surface area contributed by atoms with Crippen molar-refractivity contribution in [2.24, 2.45) is 0 Å². The molecule has 6 heteroatoms. The zero-order chi connectivity index (χ0) is 13.3. The van der Waals surface area contributed by atoms with Gasteiger partial charge in [-0.3, -0.25) is 14.9 Å². The number of non-ortho nitro benzene ring substituents is 1. The number of hydrogen-bond donors (Lipinski definition) is 1. The Hall–Kier alpha value is -1.95. The van der Waals surface area contributed by atoms with Crippen LogP contribution in [0, 0.1) is 17.0 Å². The van der Waals surface area contributed by atoms with Crippen LogP contribution in [0.25, 0.3) is 0 Å². The summed E-state index contributed by atoms with van der Waals surface area (Å²) in [5.74, 6) is -0.257. The Morgan fingerprint density at radius 2 is 2.28 bits per heavy atom. The number of likely N-dealkylation sites (tertiary alicyclic amines) is 1. The summed E-state index contributed by atoms with van der Waals surface area (Å²) in [4.78, 5) is 23.9. The number of β-amino-alcohol motifs (C(OH)–C–C–N with tert-alkyl or cyclic N) is 1. The van der Waals surface area contributed by atoms with Crippen molar-refractivity contribution < 1.29 is 14.8 Å². The first-order valence-electron chi connectivity index (χ1n) is 5.71. The van der Waals surface area contributed by atoms with Crippen molar-refractivity contribution in [2.75, 3.05) is 13.1 Å².